The molecule has 0 spiro atoms. The molecule has 0 radical (unpaired) electrons. The minimum absolute atomic E-state index is 0.00780. The summed E-state index contributed by atoms with van der Waals surface area (Å²) in [5.41, 5.74) is 0.342. The zero-order chi connectivity index (χ0) is 60.8. The largest absolute Gasteiger partial charge is 0.507 e. The normalized spacial score (nSPS) is 28.0. The van der Waals surface area contributed by atoms with E-state index in [9.17, 15) is 81.1 Å². The number of benzene rings is 4. The molecular formula is C55H61O29+. The molecule has 14 N–H and O–H groups in total. The minimum Gasteiger partial charge on any atom is -0.507 e. The van der Waals surface area contributed by atoms with Gasteiger partial charge in [0.25, 0.3) is 0 Å². The Hall–Kier alpha value is -8.01. The Kier molecular flexibility index (Phi) is 19.7. The van der Waals surface area contributed by atoms with E-state index in [1.54, 1.807) is 0 Å². The first-order valence-corrected chi connectivity index (χ1v) is 25.3. The molecule has 84 heavy (non-hydrogen) atoms. The lowest BCUT2D eigenvalue weighted by Gasteiger charge is -2.45. The number of phenolic OH excluding ortho intramolecular Hbond substituents is 5. The van der Waals surface area contributed by atoms with Crippen molar-refractivity contribution in [2.75, 3.05) is 48.3 Å². The van der Waals surface area contributed by atoms with Crippen molar-refractivity contribution in [1.29, 1.82) is 0 Å². The lowest BCUT2D eigenvalue weighted by molar-refractivity contribution is -0.358. The number of aromatic hydroxyl groups is 5. The van der Waals surface area contributed by atoms with Gasteiger partial charge in [0.1, 0.15) is 97.2 Å². The van der Waals surface area contributed by atoms with Crippen molar-refractivity contribution in [3.05, 3.63) is 83.9 Å². The van der Waals surface area contributed by atoms with E-state index >= 15 is 0 Å². The van der Waals surface area contributed by atoms with E-state index in [1.807, 2.05) is 0 Å². The van der Waals surface area contributed by atoms with Gasteiger partial charge in [0.05, 0.1) is 46.7 Å². The second-order valence-corrected chi connectivity index (χ2v) is 19.0. The molecule has 15 unspecified atom stereocenters. The molecule has 0 saturated carbocycles. The third kappa shape index (κ3) is 13.5. The van der Waals surface area contributed by atoms with E-state index in [2.05, 4.69) is 0 Å². The van der Waals surface area contributed by atoms with Crippen LogP contribution in [-0.4, -0.2) is 224 Å². The fourth-order valence-electron chi connectivity index (χ4n) is 9.01. The molecule has 8 rings (SSSR count). The summed E-state index contributed by atoms with van der Waals surface area (Å²) in [5, 5.41) is 151. The van der Waals surface area contributed by atoms with Gasteiger partial charge < -0.3 is 128 Å². The number of ether oxygens (including phenoxy) is 12. The van der Waals surface area contributed by atoms with Crippen LogP contribution in [0.15, 0.2) is 77.2 Å². The van der Waals surface area contributed by atoms with E-state index in [4.69, 9.17) is 61.3 Å². The smallest absolute Gasteiger partial charge is 0.402 e. The highest BCUT2D eigenvalue weighted by Crippen LogP contribution is 2.45. The number of carbonyl (C=O) groups is 2. The number of hydrogen-bond acceptors (Lipinski definition) is 28. The number of rotatable bonds is 20. The Morgan fingerprint density at radius 3 is 1.50 bits per heavy atom. The van der Waals surface area contributed by atoms with Crippen LogP contribution in [0.25, 0.3) is 34.4 Å². The van der Waals surface area contributed by atoms with Crippen molar-refractivity contribution in [2.45, 2.75) is 92.1 Å². The average Bonchev–Trinajstić information content (AvgIpc) is 2.35. The highest BCUT2D eigenvalue weighted by molar-refractivity contribution is 5.90. The predicted molar refractivity (Wildman–Crippen MR) is 281 cm³/mol. The van der Waals surface area contributed by atoms with Crippen LogP contribution in [0.3, 0.4) is 0 Å². The topological polar surface area (TPSA) is 439 Å². The zero-order valence-corrected chi connectivity index (χ0v) is 44.7. The summed E-state index contributed by atoms with van der Waals surface area (Å²) >= 11 is 0. The molecular weight excluding hydrogens is 1120 g/mol. The molecule has 0 bridgehead atoms. The summed E-state index contributed by atoms with van der Waals surface area (Å²) in [4.78, 5) is 26.2. The van der Waals surface area contributed by atoms with Crippen LogP contribution in [0.5, 0.6) is 63.2 Å². The van der Waals surface area contributed by atoms with Crippen LogP contribution < -0.4 is 28.4 Å². The Morgan fingerprint density at radius 1 is 0.512 bits per heavy atom. The number of aliphatic hydroxyl groups is 9. The number of carbonyl (C=O) groups excluding carboxylic acids is 2. The van der Waals surface area contributed by atoms with Crippen molar-refractivity contribution in [2.24, 2.45) is 0 Å². The quantitative estimate of drug-likeness (QED) is 0.0205. The van der Waals surface area contributed by atoms with E-state index in [-0.39, 0.29) is 62.5 Å². The number of esters is 2. The number of fused-ring (bicyclic) bond motifs is 1. The summed E-state index contributed by atoms with van der Waals surface area (Å²) in [7, 11) is 5.17. The Morgan fingerprint density at radius 2 is 0.988 bits per heavy atom. The summed E-state index contributed by atoms with van der Waals surface area (Å²) in [6.07, 6.45) is -24.6. The van der Waals surface area contributed by atoms with Gasteiger partial charge in [-0.3, -0.25) is 0 Å². The first-order chi connectivity index (χ1) is 40.1. The molecule has 3 aliphatic rings. The van der Waals surface area contributed by atoms with Crippen LogP contribution in [0.2, 0.25) is 0 Å². The molecule has 4 heterocycles. The number of hydrogen-bond donors (Lipinski definition) is 14. The lowest BCUT2D eigenvalue weighted by Crippen LogP contribution is -2.65. The first-order valence-electron chi connectivity index (χ1n) is 25.3. The third-order valence-corrected chi connectivity index (χ3v) is 13.6. The highest BCUT2D eigenvalue weighted by Gasteiger charge is 2.53. The number of aliphatic hydroxyl groups excluding tert-OH is 9. The fourth-order valence-corrected chi connectivity index (χ4v) is 9.01. The fraction of sp³-hybridized carbons (Fsp3) is 0.400. The van der Waals surface area contributed by atoms with Crippen LogP contribution in [0, 0.1) is 0 Å². The van der Waals surface area contributed by atoms with Crippen LogP contribution in [0.4, 0.5) is 0 Å². The monoisotopic (exact) mass is 1190 g/mol. The van der Waals surface area contributed by atoms with Crippen molar-refractivity contribution in [1.82, 2.24) is 0 Å². The summed E-state index contributed by atoms with van der Waals surface area (Å²) in [6, 6.07) is 12.1. The van der Waals surface area contributed by atoms with Crippen molar-refractivity contribution >= 4 is 35.1 Å². The molecule has 3 fully saturated rings. The number of methoxy groups -OCH3 is 4. The molecule has 1 aromatic heterocycles. The number of phenols is 5. The second-order valence-electron chi connectivity index (χ2n) is 19.0. The molecule has 0 aliphatic carbocycles. The van der Waals surface area contributed by atoms with Crippen molar-refractivity contribution in [3.63, 3.8) is 0 Å². The van der Waals surface area contributed by atoms with Gasteiger partial charge in [-0.2, -0.15) is 0 Å². The SMILES string of the molecule is COc1cc(C=CC(=O)OCC2OC(OC3C(Oc4cc5c(OC6OC(CO)C(O)C(O)C6O)cc(O)cc5[o+]c4-c4ccc(O)c(O)c4)OC(COC(=O)C=Cc4cc(OC)c(O)c(OC)c4)C(O)C3O)C(O)C(O)C2O)cc(OC)c1O. The molecule has 3 saturated heterocycles. The van der Waals surface area contributed by atoms with Gasteiger partial charge in [0.2, 0.25) is 29.8 Å². The minimum atomic E-state index is -2.20. The van der Waals surface area contributed by atoms with Gasteiger partial charge >= 0.3 is 23.3 Å². The maximum Gasteiger partial charge on any atom is 0.402 e. The van der Waals surface area contributed by atoms with E-state index in [0.29, 0.717) is 11.1 Å². The van der Waals surface area contributed by atoms with Crippen LogP contribution in [-0.2, 0) is 38.0 Å². The van der Waals surface area contributed by atoms with Gasteiger partial charge in [-0.25, -0.2) is 14.0 Å². The third-order valence-electron chi connectivity index (χ3n) is 13.6. The Bertz CT molecular complexity index is 3150. The molecule has 454 valence electrons. The van der Waals surface area contributed by atoms with Crippen LogP contribution in [0.1, 0.15) is 11.1 Å². The standard InChI is InChI=1S/C55H60O29/c1-72-31-11-22(12-32(73-2)41(31)62)5-9-39(60)76-20-37-44(65)47(68)50(71)54(82-37)84-52-48(69)45(66)38(21-77-40(61)10-6-23-13-33(74-3)42(63)34(14-23)75-4)83-55(52)80-35-18-26-29(78-51(35)24-7-8-27(58)28(59)15-24)16-25(57)17-30(26)79-53-49(70)46(67)43(64)36(19-56)81-53/h5-18,36-38,43-50,52-56,64-71H,19-21H2,1-4H3,(H4-,57,58,59,60,61,62,63)/p+1. The highest BCUT2D eigenvalue weighted by atomic mass is 16.8. The summed E-state index contributed by atoms with van der Waals surface area (Å²) < 4.78 is 73.5. The molecule has 5 aromatic rings. The molecule has 0 amide bonds. The van der Waals surface area contributed by atoms with Gasteiger partial charge in [-0.15, -0.1) is 0 Å². The van der Waals surface area contributed by atoms with Gasteiger partial charge in [0, 0.05) is 30.4 Å². The molecule has 3 aliphatic heterocycles. The Labute approximate surface area is 475 Å². The average molecular weight is 1190 g/mol. The van der Waals surface area contributed by atoms with E-state index < -0.39 is 147 Å². The predicted octanol–water partition coefficient (Wildman–Crippen LogP) is -0.347. The summed E-state index contributed by atoms with van der Waals surface area (Å²) in [6.45, 7) is -2.47. The Balaban J connectivity index is 1.13. The zero-order valence-electron chi connectivity index (χ0n) is 44.7. The van der Waals surface area contributed by atoms with Gasteiger partial charge in [-0.1, -0.05) is 0 Å². The molecule has 15 atom stereocenters. The maximum atomic E-state index is 13.2. The van der Waals surface area contributed by atoms with Crippen LogP contribution >= 0.6 is 0 Å². The molecule has 29 heteroatoms. The molecule has 29 nitrogen and oxygen atoms in total. The lowest BCUT2D eigenvalue weighted by atomic mass is 9.97. The van der Waals surface area contributed by atoms with Gasteiger partial charge in [-0.05, 0) is 59.7 Å². The maximum absolute atomic E-state index is 13.2. The summed E-state index contributed by atoms with van der Waals surface area (Å²) in [5.74, 6) is -5.56. The van der Waals surface area contributed by atoms with E-state index in [0.717, 1.165) is 36.4 Å². The van der Waals surface area contributed by atoms with Gasteiger partial charge in [0.15, 0.2) is 46.9 Å². The van der Waals surface area contributed by atoms with Crippen molar-refractivity contribution in [3.8, 4) is 74.6 Å². The second kappa shape index (κ2) is 26.7. The van der Waals surface area contributed by atoms with Crippen molar-refractivity contribution < 1.29 is 142 Å². The first kappa shape index (κ1) is 62.0. The van der Waals surface area contributed by atoms with E-state index in [1.165, 1.54) is 77.0 Å². The molecule has 4 aromatic carbocycles.